The number of pyridine rings is 1. The van der Waals surface area contributed by atoms with Crippen molar-refractivity contribution in [3.8, 4) is 11.4 Å². The minimum absolute atomic E-state index is 0.110. The molecular weight excluding hydrogens is 380 g/mol. The number of carbonyl (C=O) groups excluding carboxylic acids is 2. The molecule has 0 saturated heterocycles. The third-order valence-electron chi connectivity index (χ3n) is 3.96. The topological polar surface area (TPSA) is 125 Å². The Morgan fingerprint density at radius 2 is 1.82 bits per heavy atom. The Morgan fingerprint density at radius 1 is 1.11 bits per heavy atom. The molecule has 0 bridgehead atoms. The first-order valence-corrected chi connectivity index (χ1v) is 9.22. The van der Waals surface area contributed by atoms with Gasteiger partial charge in [0.15, 0.2) is 11.0 Å². The fraction of sp³-hybridized carbons (Fsp3) is 0.167. The van der Waals surface area contributed by atoms with E-state index in [1.807, 2.05) is 0 Å². The van der Waals surface area contributed by atoms with Gasteiger partial charge in [-0.2, -0.15) is 0 Å². The van der Waals surface area contributed by atoms with Crippen LogP contribution >= 0.6 is 11.8 Å². The monoisotopic (exact) mass is 398 g/mol. The van der Waals surface area contributed by atoms with Gasteiger partial charge in [0.1, 0.15) is 0 Å². The highest BCUT2D eigenvalue weighted by Crippen LogP contribution is 2.22. The zero-order valence-corrected chi connectivity index (χ0v) is 16.1. The number of carbonyl (C=O) groups is 2. The Hall–Kier alpha value is -3.40. The molecule has 144 valence electrons. The van der Waals surface area contributed by atoms with Gasteiger partial charge in [0, 0.05) is 43.2 Å². The van der Waals surface area contributed by atoms with Crippen LogP contribution in [0.3, 0.4) is 0 Å². The molecular formula is C18H18N6O3S. The Labute approximate surface area is 164 Å². The van der Waals surface area contributed by atoms with E-state index in [-0.39, 0.29) is 17.2 Å². The van der Waals surface area contributed by atoms with Crippen molar-refractivity contribution < 1.29 is 9.59 Å². The van der Waals surface area contributed by atoms with E-state index in [4.69, 9.17) is 5.73 Å². The molecule has 10 heteroatoms. The normalized spacial score (nSPS) is 10.6. The Bertz CT molecular complexity index is 1090. The average Bonchev–Trinajstić information content (AvgIpc) is 3.03. The lowest BCUT2D eigenvalue weighted by Crippen LogP contribution is -2.15. The number of aryl methyl sites for hydroxylation is 1. The number of nitrogens with two attached hydrogens (primary N) is 1. The number of nitrogens with one attached hydrogen (secondary N) is 1. The quantitative estimate of drug-likeness (QED) is 0.597. The van der Waals surface area contributed by atoms with Crippen LogP contribution in [0.25, 0.3) is 11.4 Å². The Morgan fingerprint density at radius 3 is 2.46 bits per heavy atom. The minimum Gasteiger partial charge on any atom is -0.366 e. The van der Waals surface area contributed by atoms with Crippen molar-refractivity contribution in [2.24, 2.45) is 19.8 Å². The lowest BCUT2D eigenvalue weighted by molar-refractivity contribution is -0.113. The van der Waals surface area contributed by atoms with Crippen molar-refractivity contribution in [3.05, 3.63) is 58.5 Å². The van der Waals surface area contributed by atoms with Crippen LogP contribution in [0.4, 0.5) is 5.69 Å². The zero-order chi connectivity index (χ0) is 20.3. The molecule has 3 rings (SSSR count). The summed E-state index contributed by atoms with van der Waals surface area (Å²) in [6, 6.07) is 9.48. The molecule has 0 radical (unpaired) electrons. The van der Waals surface area contributed by atoms with Gasteiger partial charge in [-0.15, -0.1) is 10.2 Å². The third-order valence-corrected chi connectivity index (χ3v) is 4.98. The maximum absolute atomic E-state index is 12.2. The first kappa shape index (κ1) is 19.4. The van der Waals surface area contributed by atoms with Crippen molar-refractivity contribution in [1.82, 2.24) is 19.3 Å². The Kier molecular flexibility index (Phi) is 5.59. The van der Waals surface area contributed by atoms with E-state index in [1.165, 1.54) is 22.4 Å². The van der Waals surface area contributed by atoms with E-state index in [0.717, 1.165) is 5.56 Å². The molecule has 0 spiro atoms. The fourth-order valence-corrected chi connectivity index (χ4v) is 3.17. The summed E-state index contributed by atoms with van der Waals surface area (Å²) in [7, 11) is 3.46. The molecule has 0 fully saturated rings. The average molecular weight is 398 g/mol. The predicted octanol–water partition coefficient (Wildman–Crippen LogP) is 1.01. The highest BCUT2D eigenvalue weighted by molar-refractivity contribution is 7.99. The van der Waals surface area contributed by atoms with Gasteiger partial charge in [-0.3, -0.25) is 14.4 Å². The van der Waals surface area contributed by atoms with Crippen LogP contribution < -0.4 is 16.6 Å². The number of anilines is 1. The molecule has 2 amide bonds. The number of thioether (sulfide) groups is 1. The van der Waals surface area contributed by atoms with Gasteiger partial charge in [-0.1, -0.05) is 11.8 Å². The van der Waals surface area contributed by atoms with Crippen molar-refractivity contribution in [1.29, 1.82) is 0 Å². The summed E-state index contributed by atoms with van der Waals surface area (Å²) in [5.74, 6) is -0.00868. The molecule has 2 heterocycles. The molecule has 1 aromatic carbocycles. The smallest absolute Gasteiger partial charge is 0.250 e. The van der Waals surface area contributed by atoms with E-state index >= 15 is 0 Å². The molecule has 3 N–H and O–H groups in total. The van der Waals surface area contributed by atoms with E-state index in [9.17, 15) is 14.4 Å². The van der Waals surface area contributed by atoms with Crippen LogP contribution in [0.2, 0.25) is 0 Å². The maximum atomic E-state index is 12.2. The molecule has 9 nitrogen and oxygen atoms in total. The molecule has 28 heavy (non-hydrogen) atoms. The number of nitrogens with zero attached hydrogens (tertiary/aromatic N) is 4. The van der Waals surface area contributed by atoms with Crippen LogP contribution in [0, 0.1) is 0 Å². The minimum atomic E-state index is -0.523. The summed E-state index contributed by atoms with van der Waals surface area (Å²) >= 11 is 1.24. The first-order valence-electron chi connectivity index (χ1n) is 8.24. The van der Waals surface area contributed by atoms with Crippen LogP contribution in [-0.4, -0.2) is 36.9 Å². The first-order chi connectivity index (χ1) is 13.3. The van der Waals surface area contributed by atoms with Crippen molar-refractivity contribution in [2.75, 3.05) is 11.1 Å². The molecule has 0 aliphatic heterocycles. The predicted molar refractivity (Wildman–Crippen MR) is 106 cm³/mol. The van der Waals surface area contributed by atoms with Gasteiger partial charge in [0.05, 0.1) is 5.75 Å². The second-order valence-corrected chi connectivity index (χ2v) is 6.95. The molecule has 0 saturated carbocycles. The van der Waals surface area contributed by atoms with Crippen LogP contribution in [-0.2, 0) is 18.9 Å². The van der Waals surface area contributed by atoms with E-state index in [1.54, 1.807) is 55.2 Å². The SMILES string of the molecule is Cn1c(SCC(=O)Nc2ccc(C(N)=O)cc2)nnc1-c1ccc(=O)n(C)c1. The number of aromatic nitrogens is 4. The second kappa shape index (κ2) is 8.09. The van der Waals surface area contributed by atoms with Gasteiger partial charge in [0.25, 0.3) is 0 Å². The zero-order valence-electron chi connectivity index (χ0n) is 15.2. The largest absolute Gasteiger partial charge is 0.366 e. The number of benzene rings is 1. The summed E-state index contributed by atoms with van der Waals surface area (Å²) in [6.45, 7) is 0. The molecule has 3 aromatic rings. The van der Waals surface area contributed by atoms with Gasteiger partial charge in [0.2, 0.25) is 17.4 Å². The number of rotatable bonds is 6. The lowest BCUT2D eigenvalue weighted by atomic mass is 10.2. The van der Waals surface area contributed by atoms with Crippen LogP contribution in [0.1, 0.15) is 10.4 Å². The summed E-state index contributed by atoms with van der Waals surface area (Å²) in [6.07, 6.45) is 1.68. The highest BCUT2D eigenvalue weighted by atomic mass is 32.2. The highest BCUT2D eigenvalue weighted by Gasteiger charge is 2.14. The number of amides is 2. The molecule has 0 aliphatic carbocycles. The summed E-state index contributed by atoms with van der Waals surface area (Å²) in [5.41, 5.74) is 6.77. The van der Waals surface area contributed by atoms with Gasteiger partial charge in [-0.25, -0.2) is 0 Å². The molecule has 0 atom stereocenters. The maximum Gasteiger partial charge on any atom is 0.250 e. The van der Waals surface area contributed by atoms with Crippen LogP contribution in [0.5, 0.6) is 0 Å². The summed E-state index contributed by atoms with van der Waals surface area (Å²) in [5, 5.41) is 11.6. The van der Waals surface area contributed by atoms with Gasteiger partial charge < -0.3 is 20.2 Å². The van der Waals surface area contributed by atoms with E-state index in [0.29, 0.717) is 22.2 Å². The standard InChI is InChI=1S/C18H18N6O3S/c1-23-9-12(5-8-15(23)26)17-21-22-18(24(17)2)28-10-14(25)20-13-6-3-11(4-7-13)16(19)27/h3-9H,10H2,1-2H3,(H2,19,27)(H,20,25). The molecule has 0 unspecified atom stereocenters. The van der Waals surface area contributed by atoms with Crippen LogP contribution in [0.15, 0.2) is 52.5 Å². The fourth-order valence-electron chi connectivity index (χ4n) is 2.46. The summed E-state index contributed by atoms with van der Waals surface area (Å²) < 4.78 is 3.23. The second-order valence-electron chi connectivity index (χ2n) is 6.01. The van der Waals surface area contributed by atoms with Crippen molar-refractivity contribution in [3.63, 3.8) is 0 Å². The molecule has 0 aliphatic rings. The third kappa shape index (κ3) is 4.29. The Balaban J connectivity index is 1.63. The number of primary amides is 1. The van der Waals surface area contributed by atoms with E-state index < -0.39 is 5.91 Å². The van der Waals surface area contributed by atoms with Gasteiger partial charge >= 0.3 is 0 Å². The van der Waals surface area contributed by atoms with Crippen molar-refractivity contribution >= 4 is 29.3 Å². The lowest BCUT2D eigenvalue weighted by Gasteiger charge is -2.06. The van der Waals surface area contributed by atoms with Gasteiger partial charge in [-0.05, 0) is 30.3 Å². The molecule has 2 aromatic heterocycles. The number of hydrogen-bond acceptors (Lipinski definition) is 6. The van der Waals surface area contributed by atoms with E-state index in [2.05, 4.69) is 15.5 Å². The number of hydrogen-bond donors (Lipinski definition) is 2. The van der Waals surface area contributed by atoms with Crippen molar-refractivity contribution in [2.45, 2.75) is 5.16 Å². The summed E-state index contributed by atoms with van der Waals surface area (Å²) in [4.78, 5) is 34.7.